The van der Waals surface area contributed by atoms with Gasteiger partial charge in [0.1, 0.15) is 17.0 Å². The molecule has 1 amide bonds. The molecule has 0 bridgehead atoms. The number of anilines is 1. The van der Waals surface area contributed by atoms with Crippen molar-refractivity contribution in [1.82, 2.24) is 14.9 Å². The summed E-state index contributed by atoms with van der Waals surface area (Å²) >= 11 is 1.59. The van der Waals surface area contributed by atoms with Crippen LogP contribution in [0.2, 0.25) is 0 Å². The van der Waals surface area contributed by atoms with E-state index in [1.165, 1.54) is 4.90 Å². The summed E-state index contributed by atoms with van der Waals surface area (Å²) in [6.45, 7) is 4.10. The van der Waals surface area contributed by atoms with Crippen molar-refractivity contribution in [3.05, 3.63) is 17.8 Å². The van der Waals surface area contributed by atoms with Gasteiger partial charge >= 0.3 is 0 Å². The molecule has 0 aliphatic carbocycles. The van der Waals surface area contributed by atoms with E-state index in [-0.39, 0.29) is 5.91 Å². The molecule has 0 atom stereocenters. The molecule has 7 heteroatoms. The number of hydrogen-bond acceptors (Lipinski definition) is 5. The van der Waals surface area contributed by atoms with Crippen LogP contribution in [-0.2, 0) is 4.79 Å². The number of piperazine rings is 1. The Morgan fingerprint density at radius 3 is 2.95 bits per heavy atom. The summed E-state index contributed by atoms with van der Waals surface area (Å²) < 4.78 is 0. The Labute approximate surface area is 128 Å². The number of quaternary nitrogens is 1. The van der Waals surface area contributed by atoms with E-state index in [0.29, 0.717) is 6.54 Å². The van der Waals surface area contributed by atoms with E-state index in [9.17, 15) is 4.79 Å². The van der Waals surface area contributed by atoms with Crippen LogP contribution in [0.1, 0.15) is 0 Å². The lowest BCUT2D eigenvalue weighted by Gasteiger charge is -2.31. The number of nitrogens with zero attached hydrogens (tertiary/aromatic N) is 4. The van der Waals surface area contributed by atoms with Gasteiger partial charge < -0.3 is 14.7 Å². The molecule has 0 aromatic carbocycles. The maximum absolute atomic E-state index is 12.4. The lowest BCUT2D eigenvalue weighted by molar-refractivity contribution is -0.883. The molecule has 2 aromatic heterocycles. The Kier molecular flexibility index (Phi) is 4.03. The number of carbonyl (C=O) groups excluding carboxylic acids is 1. The molecule has 1 aliphatic rings. The summed E-state index contributed by atoms with van der Waals surface area (Å²) in [6, 6.07) is 2.01. The van der Waals surface area contributed by atoms with Gasteiger partial charge in [0.2, 0.25) is 5.91 Å². The van der Waals surface area contributed by atoms with Crippen LogP contribution in [0.4, 0.5) is 5.82 Å². The van der Waals surface area contributed by atoms with Gasteiger partial charge in [-0.3, -0.25) is 4.79 Å². The van der Waals surface area contributed by atoms with E-state index in [0.717, 1.165) is 42.2 Å². The molecule has 0 radical (unpaired) electrons. The average molecular weight is 306 g/mol. The van der Waals surface area contributed by atoms with Crippen molar-refractivity contribution in [3.8, 4) is 0 Å². The van der Waals surface area contributed by atoms with Gasteiger partial charge in [-0.05, 0) is 11.4 Å². The maximum Gasteiger partial charge on any atom is 0.242 e. The Balaban J connectivity index is 1.70. The van der Waals surface area contributed by atoms with Crippen molar-refractivity contribution in [2.45, 2.75) is 0 Å². The van der Waals surface area contributed by atoms with Crippen molar-refractivity contribution in [3.63, 3.8) is 0 Å². The van der Waals surface area contributed by atoms with Gasteiger partial charge in [-0.1, -0.05) is 0 Å². The average Bonchev–Trinajstić information content (AvgIpc) is 2.96. The number of thiophene rings is 1. The molecule has 1 N–H and O–H groups in total. The number of hydrogen-bond donors (Lipinski definition) is 1. The highest BCUT2D eigenvalue weighted by molar-refractivity contribution is 7.16. The van der Waals surface area contributed by atoms with E-state index in [1.54, 1.807) is 17.7 Å². The fraction of sp³-hybridized carbons (Fsp3) is 0.500. The Morgan fingerprint density at radius 2 is 2.19 bits per heavy atom. The zero-order valence-electron chi connectivity index (χ0n) is 12.4. The van der Waals surface area contributed by atoms with Crippen molar-refractivity contribution >= 4 is 33.3 Å². The van der Waals surface area contributed by atoms with Crippen molar-refractivity contribution in [1.29, 1.82) is 0 Å². The third-order valence-electron chi connectivity index (χ3n) is 3.94. The third kappa shape index (κ3) is 2.98. The minimum absolute atomic E-state index is 0.173. The molecule has 112 valence electrons. The van der Waals surface area contributed by atoms with E-state index < -0.39 is 0 Å². The van der Waals surface area contributed by atoms with Crippen molar-refractivity contribution < 1.29 is 9.69 Å². The van der Waals surface area contributed by atoms with Gasteiger partial charge in [0, 0.05) is 7.05 Å². The number of amides is 1. The van der Waals surface area contributed by atoms with Gasteiger partial charge in [0.05, 0.1) is 45.2 Å². The number of fused-ring (bicyclic) bond motifs is 1. The second kappa shape index (κ2) is 5.95. The maximum atomic E-state index is 12.4. The second-order valence-electron chi connectivity index (χ2n) is 5.53. The van der Waals surface area contributed by atoms with E-state index >= 15 is 0 Å². The quantitative estimate of drug-likeness (QED) is 0.829. The first-order valence-electron chi connectivity index (χ1n) is 7.13. The highest BCUT2D eigenvalue weighted by atomic mass is 32.1. The molecule has 1 fully saturated rings. The van der Waals surface area contributed by atoms with Crippen LogP contribution < -0.4 is 9.80 Å². The van der Waals surface area contributed by atoms with Crippen molar-refractivity contribution in [2.24, 2.45) is 0 Å². The molecule has 0 spiro atoms. The van der Waals surface area contributed by atoms with Crippen LogP contribution in [0.15, 0.2) is 17.8 Å². The smallest absolute Gasteiger partial charge is 0.242 e. The summed E-state index contributed by atoms with van der Waals surface area (Å²) in [5.41, 5.74) is 0. The number of carbonyl (C=O) groups is 1. The molecule has 2 aromatic rings. The highest BCUT2D eigenvalue weighted by Gasteiger charge is 2.23. The third-order valence-corrected chi connectivity index (χ3v) is 4.77. The number of nitrogens with one attached hydrogen (secondary N) is 1. The molecule has 21 heavy (non-hydrogen) atoms. The van der Waals surface area contributed by atoms with Gasteiger partial charge in [-0.15, -0.1) is 11.3 Å². The minimum Gasteiger partial charge on any atom is -0.350 e. The fourth-order valence-electron chi connectivity index (χ4n) is 2.60. The summed E-state index contributed by atoms with van der Waals surface area (Å²) in [6.07, 6.45) is 1.56. The molecule has 1 saturated heterocycles. The van der Waals surface area contributed by atoms with E-state index in [4.69, 9.17) is 0 Å². The molecule has 3 rings (SSSR count). The molecule has 1 aliphatic heterocycles. The van der Waals surface area contributed by atoms with E-state index in [1.807, 2.05) is 28.3 Å². The molecule has 0 saturated carbocycles. The lowest BCUT2D eigenvalue weighted by atomic mass is 10.3. The second-order valence-corrected chi connectivity index (χ2v) is 6.43. The van der Waals surface area contributed by atoms with Gasteiger partial charge in [0.25, 0.3) is 0 Å². The Morgan fingerprint density at radius 1 is 1.43 bits per heavy atom. The summed E-state index contributed by atoms with van der Waals surface area (Å²) in [5.74, 6) is 1.00. The topological polar surface area (TPSA) is 53.8 Å². The first kappa shape index (κ1) is 14.2. The zero-order valence-corrected chi connectivity index (χ0v) is 13.2. The minimum atomic E-state index is 0.173. The SMILES string of the molecule is CN(CC(=O)N1CC[NH+](C)CC1)c1ncnc2sccc12. The van der Waals surface area contributed by atoms with Crippen molar-refractivity contribution in [2.75, 3.05) is 51.7 Å². The number of likely N-dealkylation sites (N-methyl/N-ethyl adjacent to an activating group) is 2. The van der Waals surface area contributed by atoms with Crippen LogP contribution >= 0.6 is 11.3 Å². The largest absolute Gasteiger partial charge is 0.350 e. The Hall–Kier alpha value is -1.73. The standard InChI is InChI=1S/C14H19N5OS/c1-17-4-6-19(7-5-17)12(20)9-18(2)13-11-3-8-21-14(11)16-10-15-13/h3,8,10H,4-7,9H2,1-2H3/p+1. The van der Waals surface area contributed by atoms with Crippen LogP contribution in [0, 0.1) is 0 Å². The van der Waals surface area contributed by atoms with Gasteiger partial charge in [0.15, 0.2) is 0 Å². The molecular weight excluding hydrogens is 286 g/mol. The number of rotatable bonds is 3. The molecule has 3 heterocycles. The van der Waals surface area contributed by atoms with Crippen LogP contribution in [0.5, 0.6) is 0 Å². The first-order chi connectivity index (χ1) is 10.1. The van der Waals surface area contributed by atoms with E-state index in [2.05, 4.69) is 17.0 Å². The monoisotopic (exact) mass is 306 g/mol. The molecule has 0 unspecified atom stereocenters. The fourth-order valence-corrected chi connectivity index (χ4v) is 3.32. The zero-order chi connectivity index (χ0) is 14.8. The predicted octanol–water partition coefficient (Wildman–Crippen LogP) is -0.516. The highest BCUT2D eigenvalue weighted by Crippen LogP contribution is 2.25. The molecule has 6 nitrogen and oxygen atoms in total. The summed E-state index contributed by atoms with van der Waals surface area (Å²) in [7, 11) is 4.08. The van der Waals surface area contributed by atoms with Crippen LogP contribution in [0.25, 0.3) is 10.2 Å². The first-order valence-corrected chi connectivity index (χ1v) is 8.01. The van der Waals surface area contributed by atoms with Crippen LogP contribution in [0.3, 0.4) is 0 Å². The lowest BCUT2D eigenvalue weighted by Crippen LogP contribution is -3.12. The van der Waals surface area contributed by atoms with Crippen LogP contribution in [-0.4, -0.2) is 67.6 Å². The Bertz CT molecular complexity index is 635. The molecular formula is C14H20N5OS+. The predicted molar refractivity (Wildman–Crippen MR) is 83.9 cm³/mol. The number of aromatic nitrogens is 2. The van der Waals surface area contributed by atoms with Gasteiger partial charge in [-0.25, -0.2) is 9.97 Å². The van der Waals surface area contributed by atoms with Gasteiger partial charge in [-0.2, -0.15) is 0 Å². The summed E-state index contributed by atoms with van der Waals surface area (Å²) in [4.78, 5) is 27.3. The normalized spacial score (nSPS) is 16.4. The summed E-state index contributed by atoms with van der Waals surface area (Å²) in [5, 5.41) is 3.02.